The van der Waals surface area contributed by atoms with Crippen LogP contribution in [-0.4, -0.2) is 21.9 Å². The minimum absolute atomic E-state index is 0.130. The molecule has 0 rings (SSSR count). The van der Waals surface area contributed by atoms with Crippen molar-refractivity contribution >= 4 is 33.6 Å². The lowest BCUT2D eigenvalue weighted by molar-refractivity contribution is 0.228. The van der Waals surface area contributed by atoms with E-state index in [-0.39, 0.29) is 10.2 Å². The monoisotopic (exact) mass is 603 g/mol. The van der Waals surface area contributed by atoms with E-state index in [0.717, 1.165) is 17.1 Å². The Bertz CT molecular complexity index is 565. The van der Waals surface area contributed by atoms with Gasteiger partial charge in [-0.15, -0.1) is 9.24 Å². The van der Waals surface area contributed by atoms with Crippen molar-refractivity contribution in [2.75, 3.05) is 11.9 Å². The van der Waals surface area contributed by atoms with Gasteiger partial charge in [0.05, 0.1) is 0 Å². The third-order valence-electron chi connectivity index (χ3n) is 8.43. The number of rotatable bonds is 22. The van der Waals surface area contributed by atoms with E-state index in [2.05, 4.69) is 95.1 Å². The summed E-state index contributed by atoms with van der Waals surface area (Å²) in [4.78, 5) is 0. The van der Waals surface area contributed by atoms with Gasteiger partial charge >= 0.3 is 0 Å². The summed E-state index contributed by atoms with van der Waals surface area (Å²) in [6.45, 7) is 31.3. The maximum Gasteiger partial charge on any atom is 0.00878 e. The van der Waals surface area contributed by atoms with Crippen LogP contribution < -0.4 is 0 Å². The third kappa shape index (κ3) is 21.9. The van der Waals surface area contributed by atoms with Crippen molar-refractivity contribution in [3.05, 3.63) is 24.3 Å². The predicted octanol–water partition coefficient (Wildman–Crippen LogP) is 13.5. The van der Waals surface area contributed by atoms with Crippen molar-refractivity contribution in [1.82, 2.24) is 0 Å². The molecule has 0 saturated carbocycles. The Morgan fingerprint density at radius 1 is 0.897 bits per heavy atom. The first-order valence-electron chi connectivity index (χ1n) is 16.8. The third-order valence-corrected chi connectivity index (χ3v) is 10.5. The molecule has 3 heteroatoms. The zero-order chi connectivity index (χ0) is 30.9. The maximum absolute atomic E-state index is 4.86. The first-order chi connectivity index (χ1) is 18.4. The lowest BCUT2D eigenvalue weighted by atomic mass is 9.66. The zero-order valence-electron chi connectivity index (χ0n) is 29.0. The van der Waals surface area contributed by atoms with E-state index in [0.29, 0.717) is 5.92 Å². The molecule has 0 aromatic carbocycles. The van der Waals surface area contributed by atoms with Crippen LogP contribution in [0.15, 0.2) is 24.3 Å². The molecule has 0 bridgehead atoms. The smallest absolute Gasteiger partial charge is 0.00878 e. The normalized spacial score (nSPS) is 16.3. The first kappa shape index (κ1) is 44.1. The predicted molar refractivity (Wildman–Crippen MR) is 197 cm³/mol. The summed E-state index contributed by atoms with van der Waals surface area (Å²) in [6.07, 6.45) is 21.7. The van der Waals surface area contributed by atoms with Gasteiger partial charge in [0.15, 0.2) is 0 Å². The lowest BCUT2D eigenvalue weighted by Gasteiger charge is -2.38. The van der Waals surface area contributed by atoms with E-state index < -0.39 is 0 Å². The quantitative estimate of drug-likeness (QED) is 0.0556. The molecule has 0 N–H and O–H groups in total. The fourth-order valence-electron chi connectivity index (χ4n) is 5.40. The molecule has 39 heavy (non-hydrogen) atoms. The highest BCUT2D eigenvalue weighted by molar-refractivity contribution is 7.99. The largest absolute Gasteiger partial charge is 0.173 e. The molecule has 0 saturated heterocycles. The average Bonchev–Trinajstić information content (AvgIpc) is 2.92. The van der Waals surface area contributed by atoms with Crippen molar-refractivity contribution in [3.8, 4) is 0 Å². The SMILES string of the molecule is C=C(CCCCCCCSC(C)C(CCCCCP)CC(C)(C)S)C(C)(/C=C/C)C(C)C(C)CC.CC.CC. The topological polar surface area (TPSA) is 0 Å². The Hall–Kier alpha value is 0.610. The molecule has 6 unspecified atom stereocenters. The number of thioether (sulfide) groups is 1. The number of hydrogen-bond acceptors (Lipinski definition) is 2. The molecule has 0 spiro atoms. The van der Waals surface area contributed by atoms with Gasteiger partial charge in [0.1, 0.15) is 0 Å². The van der Waals surface area contributed by atoms with Gasteiger partial charge < -0.3 is 0 Å². The van der Waals surface area contributed by atoms with Crippen LogP contribution in [0.3, 0.4) is 0 Å². The molecule has 0 heterocycles. The van der Waals surface area contributed by atoms with Crippen LogP contribution in [-0.2, 0) is 0 Å². The minimum atomic E-state index is 0.130. The Morgan fingerprint density at radius 2 is 1.44 bits per heavy atom. The summed E-state index contributed by atoms with van der Waals surface area (Å²) >= 11 is 7.07. The van der Waals surface area contributed by atoms with Crippen LogP contribution in [0, 0.1) is 23.2 Å². The standard InChI is InChI=1S/C32H63PS2.2C2H6/c1-10-22-32(9,28(5)26(3)11-2)27(4)20-16-13-12-14-19-24-35-29(6)30(25-31(7,8)34)21-17-15-18-23-33;2*1-2/h10,22,26,28-30,34H,4,11-21,23-25,33H2,1-3,5-9H3;2*1-2H3/b22-10+;;. The number of unbranched alkanes of at least 4 members (excludes halogenated alkanes) is 6. The highest BCUT2D eigenvalue weighted by atomic mass is 32.2. The second-order valence-corrected chi connectivity index (χ2v) is 15.3. The molecule has 0 aromatic heterocycles. The minimum Gasteiger partial charge on any atom is -0.173 e. The van der Waals surface area contributed by atoms with E-state index in [1.807, 2.05) is 27.7 Å². The summed E-state index contributed by atoms with van der Waals surface area (Å²) in [5.74, 6) is 3.47. The van der Waals surface area contributed by atoms with Crippen LogP contribution in [0.2, 0.25) is 0 Å². The Labute approximate surface area is 262 Å². The lowest BCUT2D eigenvalue weighted by Crippen LogP contribution is -2.30. The van der Waals surface area contributed by atoms with E-state index in [4.69, 9.17) is 12.6 Å². The van der Waals surface area contributed by atoms with Crippen LogP contribution in [0.4, 0.5) is 0 Å². The molecule has 0 aliphatic rings. The first-order valence-corrected chi connectivity index (χ1v) is 19.1. The van der Waals surface area contributed by atoms with Crippen molar-refractivity contribution < 1.29 is 0 Å². The second-order valence-electron chi connectivity index (χ2n) is 12.1. The summed E-state index contributed by atoms with van der Waals surface area (Å²) in [5, 5.41) is 0.748. The molecule has 0 aliphatic carbocycles. The average molecular weight is 603 g/mol. The molecule has 0 aliphatic heterocycles. The molecule has 0 radical (unpaired) electrons. The van der Waals surface area contributed by atoms with E-state index >= 15 is 0 Å². The van der Waals surface area contributed by atoms with Gasteiger partial charge in [0.2, 0.25) is 0 Å². The van der Waals surface area contributed by atoms with Crippen molar-refractivity contribution in [3.63, 3.8) is 0 Å². The van der Waals surface area contributed by atoms with Gasteiger partial charge in [-0.05, 0) is 75.1 Å². The molecule has 6 atom stereocenters. The maximum atomic E-state index is 4.86. The van der Waals surface area contributed by atoms with Crippen LogP contribution in [0.1, 0.15) is 160 Å². The fraction of sp³-hybridized carbons (Fsp3) is 0.889. The Balaban J connectivity index is -0.00000308. The van der Waals surface area contributed by atoms with Crippen LogP contribution >= 0.6 is 33.6 Å². The Kier molecular flexibility index (Phi) is 31.0. The molecular formula is C36H75PS2. The van der Waals surface area contributed by atoms with Gasteiger partial charge in [-0.1, -0.05) is 139 Å². The molecule has 236 valence electrons. The zero-order valence-corrected chi connectivity index (χ0v) is 31.9. The van der Waals surface area contributed by atoms with E-state index in [1.54, 1.807) is 0 Å². The molecule has 0 nitrogen and oxygen atoms in total. The molecular weight excluding hydrogens is 528 g/mol. The summed E-state index contributed by atoms with van der Waals surface area (Å²) < 4.78 is 0.138. The van der Waals surface area contributed by atoms with Crippen LogP contribution in [0.5, 0.6) is 0 Å². The summed E-state index contributed by atoms with van der Waals surface area (Å²) in [6, 6.07) is 0. The van der Waals surface area contributed by atoms with Gasteiger partial charge in [-0.3, -0.25) is 0 Å². The van der Waals surface area contributed by atoms with Gasteiger partial charge in [-0.25, -0.2) is 0 Å². The number of hydrogen-bond donors (Lipinski definition) is 1. The fourth-order valence-corrected chi connectivity index (χ4v) is 7.17. The van der Waals surface area contributed by atoms with Crippen molar-refractivity contribution in [2.24, 2.45) is 23.2 Å². The molecule has 0 amide bonds. The van der Waals surface area contributed by atoms with Crippen molar-refractivity contribution in [1.29, 1.82) is 0 Å². The Morgan fingerprint density at radius 3 is 1.95 bits per heavy atom. The number of thiol groups is 1. The van der Waals surface area contributed by atoms with Gasteiger partial charge in [0, 0.05) is 15.4 Å². The number of allylic oxidation sites excluding steroid dienone is 3. The van der Waals surface area contributed by atoms with Crippen LogP contribution in [0.25, 0.3) is 0 Å². The molecule has 0 aromatic rings. The van der Waals surface area contributed by atoms with Crippen molar-refractivity contribution in [2.45, 2.75) is 170 Å². The molecule has 0 fully saturated rings. The highest BCUT2D eigenvalue weighted by Crippen LogP contribution is 2.43. The van der Waals surface area contributed by atoms with E-state index in [1.165, 1.54) is 94.5 Å². The highest BCUT2D eigenvalue weighted by Gasteiger charge is 2.33. The van der Waals surface area contributed by atoms with Gasteiger partial charge in [-0.2, -0.15) is 24.4 Å². The second kappa shape index (κ2) is 27.4. The van der Waals surface area contributed by atoms with Gasteiger partial charge in [0.25, 0.3) is 0 Å². The summed E-state index contributed by atoms with van der Waals surface area (Å²) in [5.41, 5.74) is 1.56. The van der Waals surface area contributed by atoms with E-state index in [9.17, 15) is 0 Å². The summed E-state index contributed by atoms with van der Waals surface area (Å²) in [7, 11) is 2.87.